The van der Waals surface area contributed by atoms with Crippen LogP contribution in [0, 0.1) is 0 Å². The van der Waals surface area contributed by atoms with Crippen LogP contribution in [-0.2, 0) is 11.3 Å². The Kier molecular flexibility index (Phi) is 4.30. The molecule has 0 radical (unpaired) electrons. The summed E-state index contributed by atoms with van der Waals surface area (Å²) in [6, 6.07) is 6.39. The maximum absolute atomic E-state index is 6.27. The van der Waals surface area contributed by atoms with E-state index < -0.39 is 0 Å². The minimum atomic E-state index is 0.185. The van der Waals surface area contributed by atoms with Gasteiger partial charge in [0.05, 0.1) is 30.9 Å². The molecule has 5 nitrogen and oxygen atoms in total. The number of hydrogen-bond donors (Lipinski definition) is 0. The number of furan rings is 1. The van der Waals surface area contributed by atoms with E-state index in [0.717, 1.165) is 31.7 Å². The van der Waals surface area contributed by atoms with Crippen LogP contribution < -0.4 is 4.74 Å². The van der Waals surface area contributed by atoms with Gasteiger partial charge in [0.25, 0.3) is 0 Å². The van der Waals surface area contributed by atoms with E-state index in [1.807, 2.05) is 24.5 Å². The van der Waals surface area contributed by atoms with Crippen molar-refractivity contribution in [1.82, 2.24) is 9.88 Å². The molecule has 0 aromatic carbocycles. The van der Waals surface area contributed by atoms with Crippen LogP contribution in [0.25, 0.3) is 0 Å². The topological polar surface area (TPSA) is 47.7 Å². The van der Waals surface area contributed by atoms with Gasteiger partial charge in [-0.2, -0.15) is 0 Å². The fourth-order valence-electron chi connectivity index (χ4n) is 3.64. The Morgan fingerprint density at radius 2 is 2.26 bits per heavy atom. The zero-order valence-electron chi connectivity index (χ0n) is 13.1. The van der Waals surface area contributed by atoms with E-state index in [0.29, 0.717) is 18.8 Å². The van der Waals surface area contributed by atoms with Crippen LogP contribution in [0.1, 0.15) is 24.8 Å². The smallest absolute Gasteiger partial charge is 0.137 e. The van der Waals surface area contributed by atoms with Gasteiger partial charge in [-0.05, 0) is 37.5 Å². The summed E-state index contributed by atoms with van der Waals surface area (Å²) in [4.78, 5) is 6.59. The summed E-state index contributed by atoms with van der Waals surface area (Å²) in [6.07, 6.45) is 10.9. The van der Waals surface area contributed by atoms with E-state index in [9.17, 15) is 0 Å². The Bertz CT molecular complexity index is 602. The maximum atomic E-state index is 6.27. The van der Waals surface area contributed by atoms with Crippen LogP contribution in [-0.4, -0.2) is 41.3 Å². The van der Waals surface area contributed by atoms with Gasteiger partial charge in [-0.25, -0.2) is 0 Å². The zero-order chi connectivity index (χ0) is 15.5. The number of ether oxygens (including phenoxy) is 2. The Balaban J connectivity index is 1.29. The van der Waals surface area contributed by atoms with Gasteiger partial charge in [-0.3, -0.25) is 9.88 Å². The fraction of sp³-hybridized carbons (Fsp3) is 0.500. The number of aromatic nitrogens is 1. The highest BCUT2D eigenvalue weighted by Gasteiger charge is 2.39. The van der Waals surface area contributed by atoms with E-state index in [1.54, 1.807) is 18.7 Å². The first kappa shape index (κ1) is 14.7. The van der Waals surface area contributed by atoms with Crippen LogP contribution in [0.2, 0.25) is 0 Å². The molecule has 2 aromatic rings. The molecule has 2 aliphatic heterocycles. The lowest BCUT2D eigenvalue weighted by Crippen LogP contribution is -2.43. The molecule has 4 heterocycles. The van der Waals surface area contributed by atoms with Crippen molar-refractivity contribution in [3.05, 3.63) is 48.7 Å². The lowest BCUT2D eigenvalue weighted by molar-refractivity contribution is -0.0841. The molecule has 122 valence electrons. The van der Waals surface area contributed by atoms with Crippen molar-refractivity contribution in [3.8, 4) is 5.75 Å². The number of nitrogens with zero attached hydrogens (tertiary/aromatic N) is 2. The van der Waals surface area contributed by atoms with Crippen LogP contribution >= 0.6 is 0 Å². The van der Waals surface area contributed by atoms with Gasteiger partial charge in [0.15, 0.2) is 0 Å². The van der Waals surface area contributed by atoms with E-state index in [-0.39, 0.29) is 6.10 Å². The number of fused-ring (bicyclic) bond motifs is 1. The molecular weight excluding hydrogens is 292 g/mol. The molecule has 0 bridgehead atoms. The SMILES string of the molecule is c1cncc(OC[C@@H]2CC[C@H]3[C@H](CCN3Cc3ccoc3)O2)c1. The minimum Gasteiger partial charge on any atom is -0.489 e. The number of likely N-dealkylation sites (tertiary alicyclic amines) is 1. The predicted molar refractivity (Wildman–Crippen MR) is 85.2 cm³/mol. The third-order valence-electron chi connectivity index (χ3n) is 4.79. The predicted octanol–water partition coefficient (Wildman–Crippen LogP) is 2.88. The highest BCUT2D eigenvalue weighted by atomic mass is 16.5. The molecule has 2 aliphatic rings. The minimum absolute atomic E-state index is 0.185. The van der Waals surface area contributed by atoms with Crippen LogP contribution in [0.4, 0.5) is 0 Å². The first-order valence-electron chi connectivity index (χ1n) is 8.32. The molecule has 3 atom stereocenters. The largest absolute Gasteiger partial charge is 0.489 e. The number of pyridine rings is 1. The van der Waals surface area contributed by atoms with E-state index in [2.05, 4.69) is 9.88 Å². The van der Waals surface area contributed by atoms with Gasteiger partial charge in [-0.15, -0.1) is 0 Å². The second kappa shape index (κ2) is 6.72. The summed E-state index contributed by atoms with van der Waals surface area (Å²) in [5.74, 6) is 0.811. The average Bonchev–Trinajstić information content (AvgIpc) is 3.24. The number of rotatable bonds is 5. The Morgan fingerprint density at radius 3 is 3.09 bits per heavy atom. The molecule has 23 heavy (non-hydrogen) atoms. The zero-order valence-corrected chi connectivity index (χ0v) is 13.1. The van der Waals surface area contributed by atoms with Crippen molar-refractivity contribution in [2.24, 2.45) is 0 Å². The molecule has 0 aliphatic carbocycles. The van der Waals surface area contributed by atoms with Crippen molar-refractivity contribution in [1.29, 1.82) is 0 Å². The Morgan fingerprint density at radius 1 is 1.26 bits per heavy atom. The van der Waals surface area contributed by atoms with Crippen LogP contribution in [0.3, 0.4) is 0 Å². The number of hydrogen-bond acceptors (Lipinski definition) is 5. The molecule has 2 aromatic heterocycles. The summed E-state index contributed by atoms with van der Waals surface area (Å²) in [6.45, 7) is 2.66. The highest BCUT2D eigenvalue weighted by molar-refractivity contribution is 5.15. The molecular formula is C18H22N2O3. The first-order chi connectivity index (χ1) is 11.4. The molecule has 0 spiro atoms. The van der Waals surface area contributed by atoms with Crippen molar-refractivity contribution >= 4 is 0 Å². The van der Waals surface area contributed by atoms with Crippen LogP contribution in [0.5, 0.6) is 5.75 Å². The van der Waals surface area contributed by atoms with Crippen molar-refractivity contribution in [3.63, 3.8) is 0 Å². The van der Waals surface area contributed by atoms with Crippen molar-refractivity contribution < 1.29 is 13.9 Å². The summed E-state index contributed by atoms with van der Waals surface area (Å²) < 4.78 is 17.2. The van der Waals surface area contributed by atoms with Gasteiger partial charge in [0.2, 0.25) is 0 Å². The van der Waals surface area contributed by atoms with Gasteiger partial charge in [0.1, 0.15) is 12.4 Å². The quantitative estimate of drug-likeness (QED) is 0.849. The molecule has 4 rings (SSSR count). The summed E-state index contributed by atoms with van der Waals surface area (Å²) in [5.41, 5.74) is 1.24. The van der Waals surface area contributed by atoms with E-state index >= 15 is 0 Å². The summed E-state index contributed by atoms with van der Waals surface area (Å²) in [7, 11) is 0. The first-order valence-corrected chi connectivity index (χ1v) is 8.32. The lowest BCUT2D eigenvalue weighted by Gasteiger charge is -2.35. The molecule has 0 amide bonds. The normalized spacial score (nSPS) is 27.7. The summed E-state index contributed by atoms with van der Waals surface area (Å²) in [5, 5.41) is 0. The second-order valence-corrected chi connectivity index (χ2v) is 6.33. The fourth-order valence-corrected chi connectivity index (χ4v) is 3.64. The summed E-state index contributed by atoms with van der Waals surface area (Å²) >= 11 is 0. The Labute approximate surface area is 136 Å². The van der Waals surface area contributed by atoms with Crippen molar-refractivity contribution in [2.75, 3.05) is 13.2 Å². The van der Waals surface area contributed by atoms with Gasteiger partial charge in [-0.1, -0.05) is 0 Å². The maximum Gasteiger partial charge on any atom is 0.137 e. The average molecular weight is 314 g/mol. The molecule has 0 N–H and O–H groups in total. The monoisotopic (exact) mass is 314 g/mol. The molecule has 5 heteroatoms. The van der Waals surface area contributed by atoms with Crippen molar-refractivity contribution in [2.45, 2.75) is 44.1 Å². The molecule has 2 fully saturated rings. The molecule has 0 saturated carbocycles. The third kappa shape index (κ3) is 3.41. The van der Waals surface area contributed by atoms with E-state index in [1.165, 1.54) is 12.0 Å². The van der Waals surface area contributed by atoms with Gasteiger partial charge >= 0.3 is 0 Å². The highest BCUT2D eigenvalue weighted by Crippen LogP contribution is 2.32. The van der Waals surface area contributed by atoms with Crippen LogP contribution in [0.15, 0.2) is 47.5 Å². The standard InChI is InChI=1S/C18H22N2O3/c1-2-15(10-19-7-1)22-13-16-3-4-17-18(23-16)5-8-20(17)11-14-6-9-21-12-14/h1-2,6-7,9-10,12,16-18H,3-5,8,11,13H2/t16-,17-,18-/m0/s1. The third-order valence-corrected chi connectivity index (χ3v) is 4.79. The Hall–Kier alpha value is -1.85. The molecule has 2 saturated heterocycles. The van der Waals surface area contributed by atoms with Gasteiger partial charge in [0, 0.05) is 30.9 Å². The lowest BCUT2D eigenvalue weighted by atomic mass is 9.99. The van der Waals surface area contributed by atoms with Gasteiger partial charge < -0.3 is 13.9 Å². The second-order valence-electron chi connectivity index (χ2n) is 6.33. The molecule has 0 unspecified atom stereocenters. The van der Waals surface area contributed by atoms with E-state index in [4.69, 9.17) is 13.9 Å².